The van der Waals surface area contributed by atoms with Crippen LogP contribution in [-0.4, -0.2) is 35.8 Å². The molecule has 108 valence electrons. The van der Waals surface area contributed by atoms with Crippen molar-refractivity contribution in [2.24, 2.45) is 0 Å². The highest BCUT2D eigenvalue weighted by molar-refractivity contribution is 6.05. The van der Waals surface area contributed by atoms with Crippen LogP contribution < -0.4 is 5.32 Å². The van der Waals surface area contributed by atoms with Crippen LogP contribution in [0, 0.1) is 11.6 Å². The first-order valence-corrected chi connectivity index (χ1v) is 6.54. The fourth-order valence-electron chi connectivity index (χ4n) is 2.32. The standard InChI is InChI=1S/C14H16F2N2O2/c1-2-18-13(19)8-12(14(18)20)17-4-3-9-5-10(15)7-11(16)6-9/h5-7,12,17H,2-4,8H2,1H3. The summed E-state index contributed by atoms with van der Waals surface area (Å²) in [5, 5.41) is 2.96. The lowest BCUT2D eigenvalue weighted by Gasteiger charge is -2.13. The maximum absolute atomic E-state index is 13.0. The number of benzene rings is 1. The molecule has 1 saturated heterocycles. The third kappa shape index (κ3) is 3.19. The summed E-state index contributed by atoms with van der Waals surface area (Å²) in [6.45, 7) is 2.49. The highest BCUT2D eigenvalue weighted by Gasteiger charge is 2.36. The van der Waals surface area contributed by atoms with E-state index in [2.05, 4.69) is 5.32 Å². The van der Waals surface area contributed by atoms with Gasteiger partial charge in [0.25, 0.3) is 0 Å². The second-order valence-electron chi connectivity index (χ2n) is 4.71. The van der Waals surface area contributed by atoms with E-state index in [4.69, 9.17) is 0 Å². The molecule has 1 unspecified atom stereocenters. The van der Waals surface area contributed by atoms with E-state index in [1.54, 1.807) is 6.92 Å². The van der Waals surface area contributed by atoms with Crippen molar-refractivity contribution >= 4 is 11.8 Å². The van der Waals surface area contributed by atoms with Crippen LogP contribution in [0.25, 0.3) is 0 Å². The van der Waals surface area contributed by atoms with Gasteiger partial charge in [0.2, 0.25) is 11.8 Å². The summed E-state index contributed by atoms with van der Waals surface area (Å²) in [6, 6.07) is 2.80. The number of halogens is 2. The second kappa shape index (κ2) is 6.09. The highest BCUT2D eigenvalue weighted by Crippen LogP contribution is 2.13. The van der Waals surface area contributed by atoms with Gasteiger partial charge >= 0.3 is 0 Å². The molecule has 1 atom stereocenters. The highest BCUT2D eigenvalue weighted by atomic mass is 19.1. The monoisotopic (exact) mass is 282 g/mol. The fraction of sp³-hybridized carbons (Fsp3) is 0.429. The Labute approximate surface area is 115 Å². The van der Waals surface area contributed by atoms with Gasteiger partial charge in [-0.15, -0.1) is 0 Å². The minimum Gasteiger partial charge on any atom is -0.305 e. The Bertz CT molecular complexity index is 514. The topological polar surface area (TPSA) is 49.4 Å². The molecule has 0 bridgehead atoms. The van der Waals surface area contributed by atoms with Crippen LogP contribution in [0.5, 0.6) is 0 Å². The first kappa shape index (κ1) is 14.6. The van der Waals surface area contributed by atoms with E-state index < -0.39 is 17.7 Å². The number of likely N-dealkylation sites (N-methyl/N-ethyl adjacent to an activating group) is 1. The maximum Gasteiger partial charge on any atom is 0.246 e. The van der Waals surface area contributed by atoms with Gasteiger partial charge < -0.3 is 5.32 Å². The van der Waals surface area contributed by atoms with Crippen molar-refractivity contribution in [1.82, 2.24) is 10.2 Å². The Morgan fingerprint density at radius 3 is 2.45 bits per heavy atom. The summed E-state index contributed by atoms with van der Waals surface area (Å²) in [6.07, 6.45) is 0.531. The third-order valence-electron chi connectivity index (χ3n) is 3.29. The molecule has 0 saturated carbocycles. The van der Waals surface area contributed by atoms with Gasteiger partial charge in [-0.1, -0.05) is 0 Å². The van der Waals surface area contributed by atoms with Gasteiger partial charge in [0.15, 0.2) is 0 Å². The number of imide groups is 1. The average molecular weight is 282 g/mol. The van der Waals surface area contributed by atoms with Crippen molar-refractivity contribution in [3.8, 4) is 0 Å². The zero-order valence-corrected chi connectivity index (χ0v) is 11.2. The number of likely N-dealkylation sites (tertiary alicyclic amines) is 1. The molecule has 1 aromatic carbocycles. The predicted octanol–water partition coefficient (Wildman–Crippen LogP) is 1.24. The SMILES string of the molecule is CCN1C(=O)CC(NCCc2cc(F)cc(F)c2)C1=O. The van der Waals surface area contributed by atoms with Gasteiger partial charge in [-0.25, -0.2) is 8.78 Å². The van der Waals surface area contributed by atoms with Gasteiger partial charge in [0, 0.05) is 12.6 Å². The first-order valence-electron chi connectivity index (χ1n) is 6.54. The zero-order chi connectivity index (χ0) is 14.7. The van der Waals surface area contributed by atoms with Crippen LogP contribution >= 0.6 is 0 Å². The molecule has 6 heteroatoms. The number of nitrogens with zero attached hydrogens (tertiary/aromatic N) is 1. The molecule has 0 spiro atoms. The fourth-order valence-corrected chi connectivity index (χ4v) is 2.32. The molecule has 1 N–H and O–H groups in total. The van der Waals surface area contributed by atoms with Gasteiger partial charge in [-0.3, -0.25) is 14.5 Å². The molecule has 1 heterocycles. The molecule has 0 aromatic heterocycles. The predicted molar refractivity (Wildman–Crippen MR) is 68.9 cm³/mol. The average Bonchev–Trinajstić information content (AvgIpc) is 2.63. The number of amides is 2. The molecule has 2 amide bonds. The van der Waals surface area contributed by atoms with Crippen molar-refractivity contribution in [3.05, 3.63) is 35.4 Å². The van der Waals surface area contributed by atoms with Crippen LogP contribution in [0.4, 0.5) is 8.78 Å². The summed E-state index contributed by atoms with van der Waals surface area (Å²) in [7, 11) is 0. The van der Waals surface area contributed by atoms with E-state index in [9.17, 15) is 18.4 Å². The van der Waals surface area contributed by atoms with Crippen molar-refractivity contribution in [1.29, 1.82) is 0 Å². The molecule has 1 aliphatic heterocycles. The molecule has 2 rings (SSSR count). The number of hydrogen-bond acceptors (Lipinski definition) is 3. The van der Waals surface area contributed by atoms with E-state index in [1.807, 2.05) is 0 Å². The second-order valence-corrected chi connectivity index (χ2v) is 4.71. The number of nitrogens with one attached hydrogen (secondary N) is 1. The number of rotatable bonds is 5. The van der Waals surface area contributed by atoms with Crippen LogP contribution in [0.2, 0.25) is 0 Å². The van der Waals surface area contributed by atoms with E-state index in [-0.39, 0.29) is 18.2 Å². The minimum absolute atomic E-state index is 0.143. The maximum atomic E-state index is 13.0. The van der Waals surface area contributed by atoms with Crippen molar-refractivity contribution in [3.63, 3.8) is 0 Å². The van der Waals surface area contributed by atoms with Crippen molar-refractivity contribution < 1.29 is 18.4 Å². The van der Waals surface area contributed by atoms with Gasteiger partial charge in [0.05, 0.1) is 12.5 Å². The van der Waals surface area contributed by atoms with Crippen LogP contribution in [-0.2, 0) is 16.0 Å². The van der Waals surface area contributed by atoms with Crippen LogP contribution in [0.15, 0.2) is 18.2 Å². The van der Waals surface area contributed by atoms with E-state index >= 15 is 0 Å². The van der Waals surface area contributed by atoms with Gasteiger partial charge in [-0.2, -0.15) is 0 Å². The van der Waals surface area contributed by atoms with Crippen LogP contribution in [0.1, 0.15) is 18.9 Å². The van der Waals surface area contributed by atoms with E-state index in [0.717, 1.165) is 6.07 Å². The van der Waals surface area contributed by atoms with Crippen LogP contribution in [0.3, 0.4) is 0 Å². The molecule has 20 heavy (non-hydrogen) atoms. The number of carbonyl (C=O) groups is 2. The Hall–Kier alpha value is -1.82. The molecule has 1 aromatic rings. The molecular weight excluding hydrogens is 266 g/mol. The Morgan fingerprint density at radius 2 is 1.90 bits per heavy atom. The quantitative estimate of drug-likeness (QED) is 0.827. The lowest BCUT2D eigenvalue weighted by Crippen LogP contribution is -2.39. The summed E-state index contributed by atoms with van der Waals surface area (Å²) in [5.41, 5.74) is 0.513. The third-order valence-corrected chi connectivity index (χ3v) is 3.29. The molecular formula is C14H16F2N2O2. The van der Waals surface area contributed by atoms with Gasteiger partial charge in [-0.05, 0) is 37.6 Å². The lowest BCUT2D eigenvalue weighted by atomic mass is 10.1. The zero-order valence-electron chi connectivity index (χ0n) is 11.2. The van der Waals surface area contributed by atoms with Crippen molar-refractivity contribution in [2.45, 2.75) is 25.8 Å². The molecule has 1 aliphatic rings. The molecule has 4 nitrogen and oxygen atoms in total. The smallest absolute Gasteiger partial charge is 0.246 e. The minimum atomic E-state index is -0.621. The Morgan fingerprint density at radius 1 is 1.25 bits per heavy atom. The summed E-state index contributed by atoms with van der Waals surface area (Å²) in [4.78, 5) is 24.5. The summed E-state index contributed by atoms with van der Waals surface area (Å²) >= 11 is 0. The molecule has 1 fully saturated rings. The summed E-state index contributed by atoms with van der Waals surface area (Å²) in [5.74, 6) is -1.66. The molecule has 0 radical (unpaired) electrons. The van der Waals surface area contributed by atoms with Gasteiger partial charge in [0.1, 0.15) is 11.6 Å². The Balaban J connectivity index is 1.87. The lowest BCUT2D eigenvalue weighted by molar-refractivity contribution is -0.138. The normalized spacial score (nSPS) is 18.9. The van der Waals surface area contributed by atoms with E-state index in [1.165, 1.54) is 17.0 Å². The number of hydrogen-bond donors (Lipinski definition) is 1. The Kier molecular flexibility index (Phi) is 4.44. The molecule has 0 aliphatic carbocycles. The largest absolute Gasteiger partial charge is 0.305 e. The van der Waals surface area contributed by atoms with Crippen molar-refractivity contribution in [2.75, 3.05) is 13.1 Å². The number of carbonyl (C=O) groups excluding carboxylic acids is 2. The van der Waals surface area contributed by atoms with E-state index in [0.29, 0.717) is 25.1 Å². The summed E-state index contributed by atoms with van der Waals surface area (Å²) < 4.78 is 26.0. The first-order chi connectivity index (χ1) is 9.51.